The van der Waals surface area contributed by atoms with Crippen molar-refractivity contribution in [2.75, 3.05) is 0 Å². The molecule has 6 nitrogen and oxygen atoms in total. The minimum atomic E-state index is -0.871. The number of ether oxygens (including phenoxy) is 1. The zero-order valence-corrected chi connectivity index (χ0v) is 18.6. The number of carbonyl (C=O) groups is 1. The van der Waals surface area contributed by atoms with E-state index in [1.807, 2.05) is 49.5 Å². The number of aromatic amines is 1. The number of H-pyrrole nitrogens is 1. The molecule has 2 atom stereocenters. The molecule has 0 bridgehead atoms. The Morgan fingerprint density at radius 1 is 1.09 bits per heavy atom. The molecule has 33 heavy (non-hydrogen) atoms. The molecule has 166 valence electrons. The third-order valence-electron chi connectivity index (χ3n) is 5.49. The van der Waals surface area contributed by atoms with Crippen LogP contribution in [0.15, 0.2) is 67.0 Å². The number of hydrogen-bond acceptors (Lipinski definition) is 4. The monoisotopic (exact) mass is 439 g/mol. The van der Waals surface area contributed by atoms with Crippen LogP contribution in [0.1, 0.15) is 47.8 Å². The van der Waals surface area contributed by atoms with Crippen LogP contribution in [0.5, 0.6) is 5.75 Å². The number of carboxylic acids is 1. The molecule has 0 radical (unpaired) electrons. The fraction of sp³-hybridized carbons (Fsp3) is 0.222. The molecule has 2 aromatic heterocycles. The molecule has 2 heterocycles. The summed E-state index contributed by atoms with van der Waals surface area (Å²) in [4.78, 5) is 15.6. The Morgan fingerprint density at radius 2 is 1.88 bits per heavy atom. The standard InChI is InChI=1S/C27H25N3O3/c1-3-4-21(15-27(31)32)20-9-11-24(12-10-20)33-26(13-19-6-5-18(2)28-16-19)22-7-8-23-17-29-30-25(23)14-22/h5-12,14,16-17,21,26H,13,15H2,1-2H3,(H,29,30)(H,31,32)/t21-,26-/m0/s1. The average Bonchev–Trinajstić information content (AvgIpc) is 3.28. The van der Waals surface area contributed by atoms with E-state index in [0.717, 1.165) is 33.3 Å². The molecule has 0 aliphatic heterocycles. The van der Waals surface area contributed by atoms with Crippen LogP contribution in [0.3, 0.4) is 0 Å². The Morgan fingerprint density at radius 3 is 2.58 bits per heavy atom. The molecular weight excluding hydrogens is 414 g/mol. The van der Waals surface area contributed by atoms with Gasteiger partial charge in [0.25, 0.3) is 0 Å². The number of aryl methyl sites for hydroxylation is 1. The van der Waals surface area contributed by atoms with Crippen molar-refractivity contribution in [2.24, 2.45) is 0 Å². The predicted octanol–water partition coefficient (Wildman–Crippen LogP) is 5.21. The topological polar surface area (TPSA) is 88.1 Å². The van der Waals surface area contributed by atoms with Crippen LogP contribution in [0.4, 0.5) is 0 Å². The van der Waals surface area contributed by atoms with Crippen molar-refractivity contribution in [2.45, 2.75) is 38.7 Å². The SMILES string of the molecule is CC#C[C@@H](CC(=O)O)c1ccc(O[C@@H](Cc2ccc(C)nc2)c2ccc3cn[nH]c3c2)cc1. The molecule has 0 aliphatic rings. The lowest BCUT2D eigenvalue weighted by Gasteiger charge is -2.20. The van der Waals surface area contributed by atoms with E-state index in [4.69, 9.17) is 4.74 Å². The molecule has 0 saturated carbocycles. The van der Waals surface area contributed by atoms with Gasteiger partial charge in [-0.1, -0.05) is 36.3 Å². The van der Waals surface area contributed by atoms with Gasteiger partial charge in [-0.15, -0.1) is 5.92 Å². The lowest BCUT2D eigenvalue weighted by molar-refractivity contribution is -0.137. The van der Waals surface area contributed by atoms with E-state index in [1.165, 1.54) is 0 Å². The summed E-state index contributed by atoms with van der Waals surface area (Å²) in [6.07, 6.45) is 4.05. The highest BCUT2D eigenvalue weighted by atomic mass is 16.5. The summed E-state index contributed by atoms with van der Waals surface area (Å²) in [6.45, 7) is 3.68. The van der Waals surface area contributed by atoms with Crippen LogP contribution in [0.25, 0.3) is 10.9 Å². The number of nitrogens with one attached hydrogen (secondary N) is 1. The van der Waals surface area contributed by atoms with Crippen LogP contribution in [0, 0.1) is 18.8 Å². The molecule has 0 fully saturated rings. The van der Waals surface area contributed by atoms with Gasteiger partial charge in [0.2, 0.25) is 0 Å². The van der Waals surface area contributed by atoms with Crippen LogP contribution in [0.2, 0.25) is 0 Å². The number of pyridine rings is 1. The number of aromatic nitrogens is 3. The summed E-state index contributed by atoms with van der Waals surface area (Å²) < 4.78 is 6.42. The van der Waals surface area contributed by atoms with Gasteiger partial charge in [0, 0.05) is 23.7 Å². The van der Waals surface area contributed by atoms with Crippen molar-refractivity contribution >= 4 is 16.9 Å². The molecule has 2 N–H and O–H groups in total. The number of fused-ring (bicyclic) bond motifs is 1. The number of rotatable bonds is 8. The Bertz CT molecular complexity index is 1300. The highest BCUT2D eigenvalue weighted by Gasteiger charge is 2.17. The first-order valence-electron chi connectivity index (χ1n) is 10.8. The predicted molar refractivity (Wildman–Crippen MR) is 127 cm³/mol. The third kappa shape index (κ3) is 5.58. The first kappa shape index (κ1) is 22.1. The smallest absolute Gasteiger partial charge is 0.304 e. The summed E-state index contributed by atoms with van der Waals surface area (Å²) in [5.41, 5.74) is 4.88. The van der Waals surface area contributed by atoms with E-state index in [1.54, 1.807) is 13.1 Å². The van der Waals surface area contributed by atoms with Gasteiger partial charge in [0.05, 0.1) is 24.1 Å². The van der Waals surface area contributed by atoms with Gasteiger partial charge >= 0.3 is 5.97 Å². The lowest BCUT2D eigenvalue weighted by Crippen LogP contribution is -2.11. The second-order valence-corrected chi connectivity index (χ2v) is 7.95. The van der Waals surface area contributed by atoms with Gasteiger partial charge in [-0.2, -0.15) is 5.10 Å². The molecular formula is C27H25N3O3. The Kier molecular flexibility index (Phi) is 6.70. The summed E-state index contributed by atoms with van der Waals surface area (Å²) in [5.74, 6) is 5.29. The lowest BCUT2D eigenvalue weighted by atomic mass is 9.96. The maximum Gasteiger partial charge on any atom is 0.304 e. The molecule has 0 saturated heterocycles. The first-order chi connectivity index (χ1) is 16.0. The molecule has 2 aromatic carbocycles. The summed E-state index contributed by atoms with van der Waals surface area (Å²) >= 11 is 0. The second-order valence-electron chi connectivity index (χ2n) is 7.95. The minimum Gasteiger partial charge on any atom is -0.485 e. The molecule has 0 amide bonds. The summed E-state index contributed by atoms with van der Waals surface area (Å²) in [5, 5.41) is 17.4. The van der Waals surface area contributed by atoms with Crippen LogP contribution < -0.4 is 4.74 Å². The second kappa shape index (κ2) is 10.0. The number of aliphatic carboxylic acids is 1. The zero-order chi connectivity index (χ0) is 23.2. The van der Waals surface area contributed by atoms with Crippen LogP contribution in [-0.2, 0) is 11.2 Å². The molecule has 4 rings (SSSR count). The van der Waals surface area contributed by atoms with Gasteiger partial charge in [0.15, 0.2) is 0 Å². The van der Waals surface area contributed by atoms with E-state index < -0.39 is 5.97 Å². The highest BCUT2D eigenvalue weighted by molar-refractivity contribution is 5.78. The molecule has 0 spiro atoms. The summed E-state index contributed by atoms with van der Waals surface area (Å²) in [6, 6.07) is 17.7. The average molecular weight is 440 g/mol. The van der Waals surface area contributed by atoms with Crippen LogP contribution >= 0.6 is 0 Å². The van der Waals surface area contributed by atoms with Crippen molar-refractivity contribution in [3.8, 4) is 17.6 Å². The maximum absolute atomic E-state index is 11.2. The van der Waals surface area contributed by atoms with E-state index in [-0.39, 0.29) is 18.4 Å². The van der Waals surface area contributed by atoms with Crippen molar-refractivity contribution in [3.63, 3.8) is 0 Å². The van der Waals surface area contributed by atoms with Crippen molar-refractivity contribution in [1.82, 2.24) is 15.2 Å². The normalized spacial score (nSPS) is 12.5. The van der Waals surface area contributed by atoms with Gasteiger partial charge in [-0.3, -0.25) is 14.9 Å². The van der Waals surface area contributed by atoms with E-state index in [0.29, 0.717) is 12.2 Å². The fourth-order valence-electron chi connectivity index (χ4n) is 3.76. The Balaban J connectivity index is 1.60. The molecule has 6 heteroatoms. The molecule has 0 aliphatic carbocycles. The van der Waals surface area contributed by atoms with E-state index in [9.17, 15) is 9.90 Å². The maximum atomic E-state index is 11.2. The number of carboxylic acid groups (broad SMARTS) is 1. The minimum absolute atomic E-state index is 0.0334. The molecule has 0 unspecified atom stereocenters. The van der Waals surface area contributed by atoms with Crippen molar-refractivity contribution in [3.05, 3.63) is 89.4 Å². The van der Waals surface area contributed by atoms with E-state index in [2.05, 4.69) is 45.2 Å². The van der Waals surface area contributed by atoms with Crippen LogP contribution in [-0.4, -0.2) is 26.3 Å². The van der Waals surface area contributed by atoms with Gasteiger partial charge in [-0.05, 0) is 54.8 Å². The van der Waals surface area contributed by atoms with Gasteiger partial charge in [0.1, 0.15) is 11.9 Å². The number of benzene rings is 2. The number of hydrogen-bond donors (Lipinski definition) is 2. The quantitative estimate of drug-likeness (QED) is 0.368. The first-order valence-corrected chi connectivity index (χ1v) is 10.8. The fourth-order valence-corrected chi connectivity index (χ4v) is 3.76. The zero-order valence-electron chi connectivity index (χ0n) is 18.6. The Hall–Kier alpha value is -4.11. The molecule has 4 aromatic rings. The number of nitrogens with zero attached hydrogens (tertiary/aromatic N) is 2. The van der Waals surface area contributed by atoms with Gasteiger partial charge in [-0.25, -0.2) is 0 Å². The third-order valence-corrected chi connectivity index (χ3v) is 5.49. The van der Waals surface area contributed by atoms with Crippen molar-refractivity contribution < 1.29 is 14.6 Å². The highest BCUT2D eigenvalue weighted by Crippen LogP contribution is 2.29. The van der Waals surface area contributed by atoms with Gasteiger partial charge < -0.3 is 9.84 Å². The van der Waals surface area contributed by atoms with E-state index >= 15 is 0 Å². The largest absolute Gasteiger partial charge is 0.485 e. The van der Waals surface area contributed by atoms with Crippen molar-refractivity contribution in [1.29, 1.82) is 0 Å². The summed E-state index contributed by atoms with van der Waals surface area (Å²) in [7, 11) is 0. The Labute approximate surface area is 192 Å².